The van der Waals surface area contributed by atoms with Gasteiger partial charge in [-0.3, -0.25) is 14.3 Å². The van der Waals surface area contributed by atoms with Crippen molar-refractivity contribution >= 4 is 11.6 Å². The number of halogens is 1. The second kappa shape index (κ2) is 6.24. The molecular weight excluding hydrogens is 404 g/mol. The van der Waals surface area contributed by atoms with Gasteiger partial charge in [0, 0.05) is 16.6 Å². The van der Waals surface area contributed by atoms with Crippen LogP contribution in [-0.2, 0) is 4.74 Å². The Bertz CT molecular complexity index is 1080. The quantitative estimate of drug-likeness (QED) is 0.451. The van der Waals surface area contributed by atoms with Gasteiger partial charge in [-0.05, 0) is 17.7 Å². The molecule has 29 heavy (non-hydrogen) atoms. The Labute approximate surface area is 169 Å². The molecule has 2 aromatic rings. The number of hydrogen-bond donors (Lipinski definition) is 5. The largest absolute Gasteiger partial charge is 0.394 e. The molecule has 0 unspecified atom stereocenters. The molecule has 0 amide bonds. The Morgan fingerprint density at radius 3 is 2.38 bits per heavy atom. The minimum atomic E-state index is -1.88. The van der Waals surface area contributed by atoms with E-state index in [0.717, 1.165) is 10.8 Å². The Hall–Kier alpha value is -2.01. The summed E-state index contributed by atoms with van der Waals surface area (Å²) in [5.41, 5.74) is -6.21. The van der Waals surface area contributed by atoms with Crippen LogP contribution in [0.25, 0.3) is 0 Å². The fourth-order valence-corrected chi connectivity index (χ4v) is 4.66. The number of aromatic nitrogens is 2. The molecule has 1 aliphatic carbocycles. The summed E-state index contributed by atoms with van der Waals surface area (Å²) in [5.74, 6) is 0. The van der Waals surface area contributed by atoms with Gasteiger partial charge in [0.15, 0.2) is 6.23 Å². The van der Waals surface area contributed by atoms with Gasteiger partial charge in [0.05, 0.1) is 12.2 Å². The third kappa shape index (κ3) is 2.40. The third-order valence-electron chi connectivity index (χ3n) is 6.43. The highest BCUT2D eigenvalue weighted by Crippen LogP contribution is 2.75. The highest BCUT2D eigenvalue weighted by molar-refractivity contribution is 6.30. The van der Waals surface area contributed by atoms with Crippen LogP contribution < -0.4 is 11.2 Å². The van der Waals surface area contributed by atoms with Crippen LogP contribution >= 0.6 is 11.6 Å². The summed E-state index contributed by atoms with van der Waals surface area (Å²) in [6, 6.07) is 6.16. The highest BCUT2D eigenvalue weighted by Gasteiger charge is 2.92. The molecule has 1 saturated heterocycles. The van der Waals surface area contributed by atoms with Crippen molar-refractivity contribution in [1.29, 1.82) is 0 Å². The average molecular weight is 425 g/mol. The monoisotopic (exact) mass is 424 g/mol. The Morgan fingerprint density at radius 2 is 1.83 bits per heavy atom. The minimum absolute atomic E-state index is 0.159. The zero-order valence-electron chi connectivity index (χ0n) is 15.7. The van der Waals surface area contributed by atoms with Gasteiger partial charge in [-0.2, -0.15) is 0 Å². The number of H-pyrrole nitrogens is 1. The summed E-state index contributed by atoms with van der Waals surface area (Å²) in [5, 5.41) is 42.7. The van der Waals surface area contributed by atoms with Gasteiger partial charge in [-0.15, -0.1) is 0 Å². The number of benzene rings is 1. The molecule has 0 spiro atoms. The first kappa shape index (κ1) is 20.3. The van der Waals surface area contributed by atoms with E-state index in [0.29, 0.717) is 10.6 Å². The zero-order valence-corrected chi connectivity index (χ0v) is 16.4. The topological polar surface area (TPSA) is 145 Å². The number of aliphatic hydroxyl groups excluding tert-OH is 2. The molecular formula is C19H21ClN2O7. The summed E-state index contributed by atoms with van der Waals surface area (Å²) in [6.07, 6.45) is -2.78. The summed E-state index contributed by atoms with van der Waals surface area (Å²) >= 11 is 5.85. The van der Waals surface area contributed by atoms with Crippen LogP contribution in [0, 0.1) is 5.41 Å². The number of ether oxygens (including phenoxy) is 1. The predicted molar refractivity (Wildman–Crippen MR) is 102 cm³/mol. The van der Waals surface area contributed by atoms with Crippen LogP contribution in [0.4, 0.5) is 0 Å². The number of rotatable bonds is 4. The van der Waals surface area contributed by atoms with E-state index < -0.39 is 52.9 Å². The van der Waals surface area contributed by atoms with Crippen molar-refractivity contribution in [2.75, 3.05) is 6.61 Å². The minimum Gasteiger partial charge on any atom is -0.394 e. The first-order valence-electron chi connectivity index (χ1n) is 9.00. The number of hydrogen-bond acceptors (Lipinski definition) is 7. The van der Waals surface area contributed by atoms with Gasteiger partial charge in [-0.1, -0.05) is 37.6 Å². The Morgan fingerprint density at radius 1 is 1.21 bits per heavy atom. The van der Waals surface area contributed by atoms with Crippen LogP contribution in [0.1, 0.15) is 37.3 Å². The second-order valence-electron chi connectivity index (χ2n) is 8.02. The summed E-state index contributed by atoms with van der Waals surface area (Å²) < 4.78 is 6.49. The molecule has 9 nitrogen and oxygen atoms in total. The first-order valence-corrected chi connectivity index (χ1v) is 9.38. The van der Waals surface area contributed by atoms with Gasteiger partial charge < -0.3 is 25.2 Å². The lowest BCUT2D eigenvalue weighted by Crippen LogP contribution is -2.41. The summed E-state index contributed by atoms with van der Waals surface area (Å²) in [6.45, 7) is 2.60. The van der Waals surface area contributed by atoms with Crippen LogP contribution in [0.15, 0.2) is 40.1 Å². The predicted octanol–water partition coefficient (Wildman–Crippen LogP) is -0.337. The molecule has 0 bridgehead atoms. The van der Waals surface area contributed by atoms with Crippen molar-refractivity contribution in [3.63, 3.8) is 0 Å². The number of nitrogens with one attached hydrogen (secondary N) is 1. The van der Waals surface area contributed by atoms with Gasteiger partial charge in [-0.25, -0.2) is 4.79 Å². The van der Waals surface area contributed by atoms with E-state index in [-0.39, 0.29) is 5.56 Å². The lowest BCUT2D eigenvalue weighted by Gasteiger charge is -2.27. The second-order valence-corrected chi connectivity index (χ2v) is 8.46. The SMILES string of the molecule is CC1(C)[C@]2(O)[C@H](n3cc([C@H](O)c4ccc(Cl)cc4)c(=O)[nH]c3=O)O[C@H](CO)[C@]12O. The summed E-state index contributed by atoms with van der Waals surface area (Å²) in [4.78, 5) is 26.9. The maximum atomic E-state index is 12.5. The molecule has 4 rings (SSSR count). The van der Waals surface area contributed by atoms with Gasteiger partial charge in [0.25, 0.3) is 5.56 Å². The van der Waals surface area contributed by atoms with E-state index in [1.54, 1.807) is 26.0 Å². The van der Waals surface area contributed by atoms with Crippen molar-refractivity contribution in [1.82, 2.24) is 9.55 Å². The molecule has 5 atom stereocenters. The van der Waals surface area contributed by atoms with E-state index in [4.69, 9.17) is 16.3 Å². The van der Waals surface area contributed by atoms with Gasteiger partial charge in [0.2, 0.25) is 0 Å². The van der Waals surface area contributed by atoms with E-state index in [9.17, 15) is 30.0 Å². The normalized spacial score (nSPS) is 33.3. The van der Waals surface area contributed by atoms with Crippen LogP contribution in [-0.4, -0.2) is 53.9 Å². The molecule has 1 aliphatic heterocycles. The average Bonchev–Trinajstić information content (AvgIpc) is 2.90. The molecule has 1 aromatic carbocycles. The maximum Gasteiger partial charge on any atom is 0.330 e. The van der Waals surface area contributed by atoms with E-state index in [1.165, 1.54) is 12.1 Å². The van der Waals surface area contributed by atoms with Crippen LogP contribution in [0.2, 0.25) is 5.02 Å². The molecule has 10 heteroatoms. The molecule has 156 valence electrons. The number of fused-ring (bicyclic) bond motifs is 1. The Balaban J connectivity index is 1.80. The maximum absolute atomic E-state index is 12.5. The van der Waals surface area contributed by atoms with Crippen molar-refractivity contribution in [2.45, 2.75) is 43.5 Å². The molecule has 1 saturated carbocycles. The number of nitrogens with zero attached hydrogens (tertiary/aromatic N) is 1. The lowest BCUT2D eigenvalue weighted by atomic mass is 10.0. The standard InChI is InChI=1S/C19H21ClN2O7/c1-17(2)18(27)12(8-23)29-15(19(17,18)28)22-7-11(14(25)21-16(22)26)13(24)9-3-5-10(20)6-4-9/h3-7,12-13,15,23-24,27-28H,8H2,1-2H3,(H,21,25,26)/t12-,13-,15-,18+,19-/m1/s1. The molecule has 5 N–H and O–H groups in total. The fourth-order valence-electron chi connectivity index (χ4n) is 4.53. The van der Waals surface area contributed by atoms with Crippen molar-refractivity contribution in [3.05, 3.63) is 67.4 Å². The highest BCUT2D eigenvalue weighted by atomic mass is 35.5. The lowest BCUT2D eigenvalue weighted by molar-refractivity contribution is -0.126. The smallest absolute Gasteiger partial charge is 0.330 e. The van der Waals surface area contributed by atoms with E-state index >= 15 is 0 Å². The molecule has 2 heterocycles. The van der Waals surface area contributed by atoms with Crippen molar-refractivity contribution in [2.24, 2.45) is 5.41 Å². The van der Waals surface area contributed by atoms with Crippen molar-refractivity contribution < 1.29 is 25.2 Å². The number of aliphatic hydroxyl groups is 4. The number of aromatic amines is 1. The van der Waals surface area contributed by atoms with Crippen LogP contribution in [0.3, 0.4) is 0 Å². The van der Waals surface area contributed by atoms with Crippen molar-refractivity contribution in [3.8, 4) is 0 Å². The zero-order chi connectivity index (χ0) is 21.4. The third-order valence-corrected chi connectivity index (χ3v) is 6.69. The van der Waals surface area contributed by atoms with E-state index in [2.05, 4.69) is 4.98 Å². The van der Waals surface area contributed by atoms with Gasteiger partial charge in [0.1, 0.15) is 23.4 Å². The molecule has 1 aromatic heterocycles. The van der Waals surface area contributed by atoms with Gasteiger partial charge >= 0.3 is 5.69 Å². The first-order chi connectivity index (χ1) is 13.5. The summed E-state index contributed by atoms with van der Waals surface area (Å²) in [7, 11) is 0. The molecule has 2 aliphatic rings. The fraction of sp³-hybridized carbons (Fsp3) is 0.474. The van der Waals surface area contributed by atoms with Crippen LogP contribution in [0.5, 0.6) is 0 Å². The molecule has 0 radical (unpaired) electrons. The van der Waals surface area contributed by atoms with E-state index in [1.807, 2.05) is 0 Å². The Kier molecular flexibility index (Phi) is 4.36. The molecule has 2 fully saturated rings.